The highest BCUT2D eigenvalue weighted by molar-refractivity contribution is 5.96. The number of aromatic amines is 1. The molecule has 0 spiro atoms. The second kappa shape index (κ2) is 20.7. The Bertz CT molecular complexity index is 2640. The molecule has 5 N–H and O–H groups in total. The van der Waals surface area contributed by atoms with Gasteiger partial charge in [-0.05, 0) is 51.7 Å². The summed E-state index contributed by atoms with van der Waals surface area (Å²) in [6, 6.07) is 28.2. The van der Waals surface area contributed by atoms with Gasteiger partial charge in [0, 0.05) is 30.8 Å². The predicted molar refractivity (Wildman–Crippen MR) is 216 cm³/mol. The van der Waals surface area contributed by atoms with Gasteiger partial charge in [-0.2, -0.15) is 5.21 Å². The lowest BCUT2D eigenvalue weighted by atomic mass is 10.1. The van der Waals surface area contributed by atoms with Gasteiger partial charge in [0.05, 0.1) is 19.4 Å². The largest absolute Gasteiger partial charge is 0.347 e. The molecule has 3 heterocycles. The number of hydrogen-bond acceptors (Lipinski definition) is 11. The van der Waals surface area contributed by atoms with E-state index in [0.717, 1.165) is 27.8 Å². The van der Waals surface area contributed by atoms with E-state index in [1.54, 1.807) is 72.8 Å². The van der Waals surface area contributed by atoms with Crippen LogP contribution in [0.25, 0.3) is 16.2 Å². The van der Waals surface area contributed by atoms with Crippen LogP contribution in [0.2, 0.25) is 0 Å². The first-order valence-electron chi connectivity index (χ1n) is 18.2. The Morgan fingerprint density at radius 2 is 1.03 bits per heavy atom. The summed E-state index contributed by atoms with van der Waals surface area (Å²) in [6.07, 6.45) is 2.60. The molecule has 0 bridgehead atoms. The third-order valence-electron chi connectivity index (χ3n) is 8.42. The van der Waals surface area contributed by atoms with Gasteiger partial charge in [-0.1, -0.05) is 72.8 Å². The van der Waals surface area contributed by atoms with Crippen molar-refractivity contribution < 1.29 is 28.0 Å². The third-order valence-corrected chi connectivity index (χ3v) is 8.42. The second-order valence-corrected chi connectivity index (χ2v) is 12.9. The standard InChI is InChI=1S/C21H17FN8O2.C21H16FN5O2/c22-16-7-3-14(4-8-16)11-23-21(32)17-10-18(25-12-24-17)26-19(31)9-13-1-5-15(6-2-13)20-27-29-30-28-20;1-23-17-8-4-14(5-9-17)10-20(28)27-19-11-18(25-13-26-19)21(29)24-12-15-2-6-16(22)7-3-15/h1-8,10,12H,9,11H2,(H,23,32)(H,24,25,26,31)(H,27,28,29,30);2-9,11,13H,10,12H2,(H,24,29)(H,25,26,27,28). The molecule has 0 aliphatic rings. The molecule has 4 amide bonds. The fourth-order valence-corrected chi connectivity index (χ4v) is 5.34. The molecule has 0 aliphatic carbocycles. The van der Waals surface area contributed by atoms with Gasteiger partial charge in [-0.3, -0.25) is 19.2 Å². The molecule has 7 aromatic rings. The molecule has 17 nitrogen and oxygen atoms in total. The van der Waals surface area contributed by atoms with Crippen molar-refractivity contribution in [2.75, 3.05) is 10.6 Å². The fourth-order valence-electron chi connectivity index (χ4n) is 5.34. The van der Waals surface area contributed by atoms with Crippen molar-refractivity contribution >= 4 is 41.0 Å². The van der Waals surface area contributed by atoms with Gasteiger partial charge in [-0.25, -0.2) is 33.6 Å². The van der Waals surface area contributed by atoms with Crippen LogP contribution in [0, 0.1) is 18.2 Å². The Morgan fingerprint density at radius 1 is 0.590 bits per heavy atom. The lowest BCUT2D eigenvalue weighted by Crippen LogP contribution is -2.24. The Kier molecular flexibility index (Phi) is 14.2. The van der Waals surface area contributed by atoms with E-state index in [1.807, 2.05) is 0 Å². The molecule has 0 saturated heterocycles. The summed E-state index contributed by atoms with van der Waals surface area (Å²) in [4.78, 5) is 68.3. The minimum absolute atomic E-state index is 0.0961. The van der Waals surface area contributed by atoms with Crippen LogP contribution in [0.5, 0.6) is 0 Å². The van der Waals surface area contributed by atoms with Crippen LogP contribution in [0.1, 0.15) is 43.2 Å². The number of nitrogens with zero attached hydrogens (tertiary/aromatic N) is 8. The quantitative estimate of drug-likeness (QED) is 0.0952. The number of tetrazole rings is 1. The highest BCUT2D eigenvalue weighted by Crippen LogP contribution is 2.16. The number of carbonyl (C=O) groups excluding carboxylic acids is 4. The average Bonchev–Trinajstić information content (AvgIpc) is 3.82. The fraction of sp³-hybridized carbons (Fsp3) is 0.0952. The molecule has 3 aromatic heterocycles. The monoisotopic (exact) mass is 821 g/mol. The number of nitrogens with one attached hydrogen (secondary N) is 5. The van der Waals surface area contributed by atoms with Crippen LogP contribution in [0.4, 0.5) is 26.1 Å². The number of hydrogen-bond donors (Lipinski definition) is 5. The maximum Gasteiger partial charge on any atom is 0.270 e. The van der Waals surface area contributed by atoms with E-state index in [1.165, 1.54) is 49.1 Å². The molecular weight excluding hydrogens is 789 g/mol. The predicted octanol–water partition coefficient (Wildman–Crippen LogP) is 5.18. The van der Waals surface area contributed by atoms with Gasteiger partial charge in [0.15, 0.2) is 5.69 Å². The molecule has 0 aliphatic heterocycles. The number of benzene rings is 4. The van der Waals surface area contributed by atoms with Crippen LogP contribution in [-0.2, 0) is 35.5 Å². The Morgan fingerprint density at radius 3 is 1.46 bits per heavy atom. The molecule has 0 fully saturated rings. The maximum atomic E-state index is 13.0. The van der Waals surface area contributed by atoms with Crippen LogP contribution < -0.4 is 21.3 Å². The smallest absolute Gasteiger partial charge is 0.270 e. The Hall–Kier alpha value is -8.66. The van der Waals surface area contributed by atoms with E-state index in [9.17, 15) is 28.0 Å². The summed E-state index contributed by atoms with van der Waals surface area (Å²) in [5.74, 6) is -1.31. The molecule has 0 saturated carbocycles. The molecule has 0 atom stereocenters. The highest BCUT2D eigenvalue weighted by Gasteiger charge is 2.13. The number of amides is 4. The molecule has 304 valence electrons. The summed E-state index contributed by atoms with van der Waals surface area (Å²) < 4.78 is 25.9. The SMILES string of the molecule is O=C(Cc1ccc(-c2nn[nH]n2)cc1)Nc1cc(C(=O)NCc2ccc(F)cc2)ncn1.[C-]#[N+]c1ccc(CC(=O)Nc2cc(C(=O)NCc3ccc(F)cc3)ncn2)cc1. The highest BCUT2D eigenvalue weighted by atomic mass is 19.1. The van der Waals surface area contributed by atoms with E-state index < -0.39 is 11.8 Å². The van der Waals surface area contributed by atoms with E-state index in [2.05, 4.69) is 66.7 Å². The van der Waals surface area contributed by atoms with E-state index >= 15 is 0 Å². The Labute approximate surface area is 345 Å². The van der Waals surface area contributed by atoms with Crippen molar-refractivity contribution in [1.29, 1.82) is 0 Å². The van der Waals surface area contributed by atoms with Crippen LogP contribution in [0.3, 0.4) is 0 Å². The molecule has 0 radical (unpaired) electrons. The van der Waals surface area contributed by atoms with Crippen LogP contribution in [-0.4, -0.2) is 64.2 Å². The molecule has 7 rings (SSSR count). The molecular formula is C42H33F2N13O4. The molecule has 0 unspecified atom stereocenters. The minimum Gasteiger partial charge on any atom is -0.347 e. The van der Waals surface area contributed by atoms with Gasteiger partial charge in [0.2, 0.25) is 17.6 Å². The van der Waals surface area contributed by atoms with Gasteiger partial charge in [0.1, 0.15) is 47.3 Å². The van der Waals surface area contributed by atoms with Crippen LogP contribution >= 0.6 is 0 Å². The van der Waals surface area contributed by atoms with Gasteiger partial charge >= 0.3 is 0 Å². The van der Waals surface area contributed by atoms with Crippen molar-refractivity contribution in [1.82, 2.24) is 51.2 Å². The van der Waals surface area contributed by atoms with Crippen molar-refractivity contribution in [2.45, 2.75) is 25.9 Å². The lowest BCUT2D eigenvalue weighted by Gasteiger charge is -2.08. The van der Waals surface area contributed by atoms with Crippen molar-refractivity contribution in [2.24, 2.45) is 0 Å². The lowest BCUT2D eigenvalue weighted by molar-refractivity contribution is -0.116. The first-order valence-corrected chi connectivity index (χ1v) is 18.2. The summed E-state index contributed by atoms with van der Waals surface area (Å²) in [5.41, 5.74) is 4.48. The second-order valence-electron chi connectivity index (χ2n) is 12.9. The number of aromatic nitrogens is 8. The normalized spacial score (nSPS) is 10.3. The molecule has 61 heavy (non-hydrogen) atoms. The minimum atomic E-state index is -0.443. The van der Waals surface area contributed by atoms with Crippen LogP contribution in [0.15, 0.2) is 122 Å². The molecule has 4 aromatic carbocycles. The third kappa shape index (κ3) is 12.9. The number of halogens is 2. The molecule has 19 heteroatoms. The number of rotatable bonds is 13. The topological polar surface area (TPSA) is 227 Å². The van der Waals surface area contributed by atoms with Gasteiger partial charge < -0.3 is 21.3 Å². The summed E-state index contributed by atoms with van der Waals surface area (Å²) in [6.45, 7) is 7.36. The zero-order chi connectivity index (χ0) is 43.0. The average molecular weight is 822 g/mol. The number of carbonyl (C=O) groups is 4. The first kappa shape index (κ1) is 42.0. The van der Waals surface area contributed by atoms with Gasteiger partial charge in [-0.15, -0.1) is 10.2 Å². The van der Waals surface area contributed by atoms with E-state index in [-0.39, 0.29) is 72.4 Å². The van der Waals surface area contributed by atoms with Crippen molar-refractivity contribution in [3.05, 3.63) is 179 Å². The van der Waals surface area contributed by atoms with Crippen molar-refractivity contribution in [3.8, 4) is 11.4 Å². The summed E-state index contributed by atoms with van der Waals surface area (Å²) in [5, 5.41) is 24.3. The Balaban J connectivity index is 0.000000205. The van der Waals surface area contributed by atoms with E-state index in [4.69, 9.17) is 6.57 Å². The van der Waals surface area contributed by atoms with Gasteiger partial charge in [0.25, 0.3) is 11.8 Å². The van der Waals surface area contributed by atoms with E-state index in [0.29, 0.717) is 11.5 Å². The summed E-state index contributed by atoms with van der Waals surface area (Å²) >= 11 is 0. The zero-order valence-electron chi connectivity index (χ0n) is 31.8. The summed E-state index contributed by atoms with van der Waals surface area (Å²) in [7, 11) is 0. The first-order chi connectivity index (χ1) is 29.6. The van der Waals surface area contributed by atoms with Crippen molar-refractivity contribution in [3.63, 3.8) is 0 Å². The number of anilines is 2. The maximum absolute atomic E-state index is 13.0. The number of H-pyrrole nitrogens is 1. The zero-order valence-corrected chi connectivity index (χ0v) is 31.8.